The van der Waals surface area contributed by atoms with E-state index in [0.717, 1.165) is 11.3 Å². The minimum absolute atomic E-state index is 0.0914. The first kappa shape index (κ1) is 9.00. The summed E-state index contributed by atoms with van der Waals surface area (Å²) in [5.74, 6) is 0.0914. The fraction of sp³-hybridized carbons (Fsp3) is 0.250. The number of carbonyl (C=O) groups excluding carboxylic acids is 1. The van der Waals surface area contributed by atoms with Crippen LogP contribution < -0.4 is 4.90 Å². The van der Waals surface area contributed by atoms with Gasteiger partial charge in [-0.15, -0.1) is 6.58 Å². The number of para-hydroxylation sites is 1. The number of rotatable bonds is 1. The van der Waals surface area contributed by atoms with Gasteiger partial charge in [0.25, 0.3) is 0 Å². The highest BCUT2D eigenvalue weighted by molar-refractivity contribution is 6.08. The molecule has 1 aromatic rings. The van der Waals surface area contributed by atoms with Crippen LogP contribution in [0.4, 0.5) is 5.69 Å². The van der Waals surface area contributed by atoms with Crippen molar-refractivity contribution in [2.75, 3.05) is 11.9 Å². The van der Waals surface area contributed by atoms with Crippen LogP contribution in [0.2, 0.25) is 0 Å². The molecule has 1 amide bonds. The van der Waals surface area contributed by atoms with Gasteiger partial charge in [-0.05, 0) is 18.6 Å². The summed E-state index contributed by atoms with van der Waals surface area (Å²) in [6, 6.07) is 7.84. The second-order valence-electron chi connectivity index (χ2n) is 3.79. The van der Waals surface area contributed by atoms with Crippen LogP contribution in [0.1, 0.15) is 12.5 Å². The van der Waals surface area contributed by atoms with Crippen molar-refractivity contribution >= 4 is 11.6 Å². The molecule has 2 heteroatoms. The largest absolute Gasteiger partial charge is 0.314 e. The number of nitrogens with zero attached hydrogens (tertiary/aromatic N) is 1. The van der Waals surface area contributed by atoms with Gasteiger partial charge in [0, 0.05) is 12.7 Å². The van der Waals surface area contributed by atoms with Crippen LogP contribution in [0.5, 0.6) is 0 Å². The van der Waals surface area contributed by atoms with Gasteiger partial charge >= 0.3 is 0 Å². The number of amides is 1. The Bertz CT molecular complexity index is 411. The van der Waals surface area contributed by atoms with E-state index in [4.69, 9.17) is 0 Å². The zero-order valence-corrected chi connectivity index (χ0v) is 8.45. The maximum atomic E-state index is 12.0. The highest BCUT2D eigenvalue weighted by Gasteiger charge is 2.43. The molecule has 0 aromatic heterocycles. The second kappa shape index (κ2) is 2.71. The summed E-state index contributed by atoms with van der Waals surface area (Å²) in [6.45, 7) is 5.66. The van der Waals surface area contributed by atoms with E-state index in [9.17, 15) is 4.79 Å². The maximum absolute atomic E-state index is 12.0. The third-order valence-corrected chi connectivity index (χ3v) is 2.98. The lowest BCUT2D eigenvalue weighted by atomic mass is 9.84. The van der Waals surface area contributed by atoms with Crippen molar-refractivity contribution in [3.63, 3.8) is 0 Å². The van der Waals surface area contributed by atoms with Crippen molar-refractivity contribution in [2.45, 2.75) is 12.3 Å². The van der Waals surface area contributed by atoms with Crippen LogP contribution in [0, 0.1) is 0 Å². The van der Waals surface area contributed by atoms with Crippen LogP contribution in [0.25, 0.3) is 0 Å². The van der Waals surface area contributed by atoms with Crippen molar-refractivity contribution < 1.29 is 4.79 Å². The van der Waals surface area contributed by atoms with E-state index in [1.807, 2.05) is 31.2 Å². The van der Waals surface area contributed by atoms with Crippen LogP contribution in [0.15, 0.2) is 36.9 Å². The molecule has 14 heavy (non-hydrogen) atoms. The average molecular weight is 187 g/mol. The van der Waals surface area contributed by atoms with Gasteiger partial charge < -0.3 is 4.90 Å². The van der Waals surface area contributed by atoms with Crippen LogP contribution in [0.3, 0.4) is 0 Å². The number of hydrogen-bond acceptors (Lipinski definition) is 1. The molecule has 1 aromatic carbocycles. The molecule has 1 atom stereocenters. The van der Waals surface area contributed by atoms with Crippen molar-refractivity contribution in [2.24, 2.45) is 0 Å². The van der Waals surface area contributed by atoms with Gasteiger partial charge in [-0.25, -0.2) is 0 Å². The monoisotopic (exact) mass is 187 g/mol. The lowest BCUT2D eigenvalue weighted by molar-refractivity contribution is -0.120. The van der Waals surface area contributed by atoms with E-state index in [1.165, 1.54) is 0 Å². The van der Waals surface area contributed by atoms with E-state index in [0.29, 0.717) is 0 Å². The number of likely N-dealkylation sites (N-methyl/N-ethyl adjacent to an activating group) is 1. The fourth-order valence-electron chi connectivity index (χ4n) is 1.98. The number of hydrogen-bond donors (Lipinski definition) is 0. The average Bonchev–Trinajstić information content (AvgIpc) is 2.43. The number of anilines is 1. The van der Waals surface area contributed by atoms with Gasteiger partial charge in [0.2, 0.25) is 5.91 Å². The molecule has 2 rings (SSSR count). The predicted octanol–water partition coefficient (Wildman–Crippen LogP) is 2.11. The van der Waals surface area contributed by atoms with Crippen LogP contribution in [-0.4, -0.2) is 13.0 Å². The Balaban J connectivity index is 2.70. The van der Waals surface area contributed by atoms with Crippen LogP contribution in [-0.2, 0) is 10.2 Å². The van der Waals surface area contributed by atoms with Gasteiger partial charge in [0.15, 0.2) is 0 Å². The van der Waals surface area contributed by atoms with E-state index < -0.39 is 5.41 Å². The molecule has 0 radical (unpaired) electrons. The van der Waals surface area contributed by atoms with Crippen molar-refractivity contribution in [3.05, 3.63) is 42.5 Å². The Morgan fingerprint density at radius 1 is 1.43 bits per heavy atom. The van der Waals surface area contributed by atoms with Crippen molar-refractivity contribution in [1.29, 1.82) is 0 Å². The predicted molar refractivity (Wildman–Crippen MR) is 57.4 cm³/mol. The minimum Gasteiger partial charge on any atom is -0.314 e. The molecule has 2 nitrogen and oxygen atoms in total. The molecule has 1 unspecified atom stereocenters. The molecule has 1 aliphatic rings. The maximum Gasteiger partial charge on any atom is 0.241 e. The molecule has 0 fully saturated rings. The summed E-state index contributed by atoms with van der Waals surface area (Å²) in [6.07, 6.45) is 1.72. The summed E-state index contributed by atoms with van der Waals surface area (Å²) in [5, 5.41) is 0. The van der Waals surface area contributed by atoms with Gasteiger partial charge in [-0.2, -0.15) is 0 Å². The Morgan fingerprint density at radius 3 is 2.71 bits per heavy atom. The zero-order chi connectivity index (χ0) is 10.3. The molecule has 0 saturated heterocycles. The Hall–Kier alpha value is -1.57. The van der Waals surface area contributed by atoms with E-state index >= 15 is 0 Å². The summed E-state index contributed by atoms with van der Waals surface area (Å²) < 4.78 is 0. The number of benzene rings is 1. The first-order valence-corrected chi connectivity index (χ1v) is 4.62. The highest BCUT2D eigenvalue weighted by Crippen LogP contribution is 2.41. The molecule has 0 N–H and O–H groups in total. The molecule has 1 heterocycles. The molecule has 0 aliphatic carbocycles. The normalized spacial score (nSPS) is 25.0. The van der Waals surface area contributed by atoms with Gasteiger partial charge in [-0.3, -0.25) is 4.79 Å². The molecule has 0 spiro atoms. The summed E-state index contributed by atoms with van der Waals surface area (Å²) >= 11 is 0. The van der Waals surface area contributed by atoms with Crippen molar-refractivity contribution in [1.82, 2.24) is 0 Å². The summed E-state index contributed by atoms with van der Waals surface area (Å²) in [5.41, 5.74) is 1.48. The second-order valence-corrected chi connectivity index (χ2v) is 3.79. The molecular weight excluding hydrogens is 174 g/mol. The van der Waals surface area contributed by atoms with Gasteiger partial charge in [0.05, 0.1) is 5.41 Å². The van der Waals surface area contributed by atoms with Gasteiger partial charge in [0.1, 0.15) is 0 Å². The fourth-order valence-corrected chi connectivity index (χ4v) is 1.98. The first-order chi connectivity index (χ1) is 6.61. The minimum atomic E-state index is -0.550. The third kappa shape index (κ3) is 0.882. The topological polar surface area (TPSA) is 20.3 Å². The molecule has 72 valence electrons. The zero-order valence-electron chi connectivity index (χ0n) is 8.45. The third-order valence-electron chi connectivity index (χ3n) is 2.98. The lowest BCUT2D eigenvalue weighted by Gasteiger charge is -2.17. The molecule has 0 saturated carbocycles. The van der Waals surface area contributed by atoms with E-state index in [2.05, 4.69) is 6.58 Å². The molecule has 0 bridgehead atoms. The van der Waals surface area contributed by atoms with Gasteiger partial charge in [-0.1, -0.05) is 24.3 Å². The lowest BCUT2D eigenvalue weighted by Crippen LogP contribution is -2.34. The SMILES string of the molecule is C=CC1(C)C(=O)N(C)c2ccccc21. The Morgan fingerprint density at radius 2 is 2.07 bits per heavy atom. The summed E-state index contributed by atoms with van der Waals surface area (Å²) in [7, 11) is 1.80. The Labute approximate surface area is 83.8 Å². The number of carbonyl (C=O) groups is 1. The quantitative estimate of drug-likeness (QED) is 0.616. The molecule has 1 aliphatic heterocycles. The smallest absolute Gasteiger partial charge is 0.241 e. The Kier molecular flexibility index (Phi) is 1.74. The van der Waals surface area contributed by atoms with Crippen molar-refractivity contribution in [3.8, 4) is 0 Å². The van der Waals surface area contributed by atoms with E-state index in [-0.39, 0.29) is 5.91 Å². The molecular formula is C12H13NO. The first-order valence-electron chi connectivity index (χ1n) is 4.62. The highest BCUT2D eigenvalue weighted by atomic mass is 16.2. The van der Waals surface area contributed by atoms with E-state index in [1.54, 1.807) is 18.0 Å². The standard InChI is InChI=1S/C12H13NO/c1-4-12(2)9-7-5-6-8-10(9)13(3)11(12)14/h4-8H,1H2,2-3H3. The number of fused-ring (bicyclic) bond motifs is 1. The summed E-state index contributed by atoms with van der Waals surface area (Å²) in [4.78, 5) is 13.7. The van der Waals surface area contributed by atoms with Crippen LogP contribution >= 0.6 is 0 Å².